The second kappa shape index (κ2) is 8.45. The van der Waals surface area contributed by atoms with Gasteiger partial charge in [0.05, 0.1) is 34.4 Å². The van der Waals surface area contributed by atoms with E-state index in [-0.39, 0.29) is 29.6 Å². The molecule has 27 heavy (non-hydrogen) atoms. The first kappa shape index (κ1) is 20.5. The minimum atomic E-state index is -3.56. The van der Waals surface area contributed by atoms with Crippen LogP contribution in [0.2, 0.25) is 5.02 Å². The summed E-state index contributed by atoms with van der Waals surface area (Å²) in [5, 5.41) is 3.07. The summed E-state index contributed by atoms with van der Waals surface area (Å²) in [6.45, 7) is 6.57. The Morgan fingerprint density at radius 2 is 1.85 bits per heavy atom. The minimum Gasteiger partial charge on any atom is -0.373 e. The summed E-state index contributed by atoms with van der Waals surface area (Å²) in [6.07, 6.45) is 1.87. The topological polar surface area (TPSA) is 79.0 Å². The van der Waals surface area contributed by atoms with Crippen molar-refractivity contribution in [3.05, 3.63) is 23.2 Å². The number of rotatable bonds is 5. The van der Waals surface area contributed by atoms with Crippen molar-refractivity contribution >= 4 is 33.2 Å². The van der Waals surface area contributed by atoms with Crippen LogP contribution in [0.3, 0.4) is 0 Å². The highest BCUT2D eigenvalue weighted by Gasteiger charge is 2.28. The predicted octanol–water partition coefficient (Wildman–Crippen LogP) is 2.17. The van der Waals surface area contributed by atoms with Crippen molar-refractivity contribution in [3.63, 3.8) is 0 Å². The maximum atomic E-state index is 12.7. The number of nitrogens with one attached hydrogen (secondary N) is 1. The molecule has 2 atom stereocenters. The molecule has 1 N–H and O–H groups in total. The van der Waals surface area contributed by atoms with Gasteiger partial charge in [0.1, 0.15) is 0 Å². The fourth-order valence-electron chi connectivity index (χ4n) is 3.64. The van der Waals surface area contributed by atoms with Crippen molar-refractivity contribution in [1.82, 2.24) is 9.21 Å². The first-order valence-corrected chi connectivity index (χ1v) is 11.0. The molecule has 0 spiro atoms. The van der Waals surface area contributed by atoms with E-state index in [1.54, 1.807) is 0 Å². The Morgan fingerprint density at radius 1 is 1.22 bits per heavy atom. The normalized spacial score (nSPS) is 24.9. The molecule has 0 aliphatic carbocycles. The zero-order valence-electron chi connectivity index (χ0n) is 15.7. The van der Waals surface area contributed by atoms with Crippen LogP contribution in [-0.4, -0.2) is 68.5 Å². The molecule has 2 fully saturated rings. The standard InChI is InChI=1S/C18H26ClN3O4S/c1-13-10-21(11-14(2)26-13)12-18(23)20-17-9-15(5-6-16(17)19)27(24,25)22-7-3-4-8-22/h5-6,9,13-14H,3-4,7-8,10-12H2,1-2H3,(H,20,23)/t13-,14-/m1/s1. The first-order valence-electron chi connectivity index (χ1n) is 9.23. The molecule has 0 bridgehead atoms. The Morgan fingerprint density at radius 3 is 2.48 bits per heavy atom. The number of halogens is 1. The van der Waals surface area contributed by atoms with Gasteiger partial charge in [-0.15, -0.1) is 0 Å². The number of morpholine rings is 1. The van der Waals surface area contributed by atoms with Gasteiger partial charge in [-0.3, -0.25) is 9.69 Å². The molecule has 2 aliphatic heterocycles. The third-order valence-corrected chi connectivity index (χ3v) is 7.00. The van der Waals surface area contributed by atoms with Crippen LogP contribution in [0.15, 0.2) is 23.1 Å². The van der Waals surface area contributed by atoms with Crippen molar-refractivity contribution in [2.24, 2.45) is 0 Å². The SMILES string of the molecule is C[C@@H]1CN(CC(=O)Nc2cc(S(=O)(=O)N3CCCC3)ccc2Cl)C[C@@H](C)O1. The number of hydrogen-bond acceptors (Lipinski definition) is 5. The minimum absolute atomic E-state index is 0.0686. The molecular weight excluding hydrogens is 390 g/mol. The molecule has 1 aromatic rings. The molecule has 7 nitrogen and oxygen atoms in total. The second-order valence-electron chi connectivity index (χ2n) is 7.25. The van der Waals surface area contributed by atoms with Gasteiger partial charge in [0.2, 0.25) is 15.9 Å². The summed E-state index contributed by atoms with van der Waals surface area (Å²) in [7, 11) is -3.56. The van der Waals surface area contributed by atoms with E-state index >= 15 is 0 Å². The molecule has 2 aliphatic rings. The summed E-state index contributed by atoms with van der Waals surface area (Å²) in [6, 6.07) is 4.44. The fourth-order valence-corrected chi connectivity index (χ4v) is 5.35. The number of hydrogen-bond donors (Lipinski definition) is 1. The lowest BCUT2D eigenvalue weighted by Crippen LogP contribution is -2.48. The van der Waals surface area contributed by atoms with Gasteiger partial charge in [-0.25, -0.2) is 8.42 Å². The van der Waals surface area contributed by atoms with Crippen molar-refractivity contribution in [1.29, 1.82) is 0 Å². The molecule has 0 aromatic heterocycles. The van der Waals surface area contributed by atoms with E-state index < -0.39 is 10.0 Å². The Balaban J connectivity index is 1.70. The fraction of sp³-hybridized carbons (Fsp3) is 0.611. The van der Waals surface area contributed by atoms with Gasteiger partial charge in [0, 0.05) is 26.2 Å². The largest absolute Gasteiger partial charge is 0.373 e. The van der Waals surface area contributed by atoms with Crippen LogP contribution in [0.25, 0.3) is 0 Å². The molecule has 150 valence electrons. The van der Waals surface area contributed by atoms with Crippen LogP contribution in [0.5, 0.6) is 0 Å². The third kappa shape index (κ3) is 5.00. The molecule has 9 heteroatoms. The van der Waals surface area contributed by atoms with Crippen LogP contribution >= 0.6 is 11.6 Å². The third-order valence-electron chi connectivity index (χ3n) is 4.78. The number of nitrogens with zero attached hydrogens (tertiary/aromatic N) is 2. The van der Waals surface area contributed by atoms with Gasteiger partial charge in [0.15, 0.2) is 0 Å². The molecule has 2 saturated heterocycles. The number of anilines is 1. The van der Waals surface area contributed by atoms with Crippen LogP contribution in [0.4, 0.5) is 5.69 Å². The van der Waals surface area contributed by atoms with E-state index in [9.17, 15) is 13.2 Å². The highest BCUT2D eigenvalue weighted by molar-refractivity contribution is 7.89. The smallest absolute Gasteiger partial charge is 0.243 e. The maximum Gasteiger partial charge on any atom is 0.243 e. The molecule has 2 heterocycles. The quantitative estimate of drug-likeness (QED) is 0.797. The molecule has 3 rings (SSSR count). The van der Waals surface area contributed by atoms with Crippen molar-refractivity contribution < 1.29 is 17.9 Å². The zero-order valence-corrected chi connectivity index (χ0v) is 17.2. The Bertz CT molecular complexity index is 786. The molecular formula is C18H26ClN3O4S. The predicted molar refractivity (Wildman–Crippen MR) is 105 cm³/mol. The van der Waals surface area contributed by atoms with Crippen molar-refractivity contribution in [2.45, 2.75) is 43.8 Å². The summed E-state index contributed by atoms with van der Waals surface area (Å²) < 4.78 is 32.6. The molecule has 0 unspecified atom stereocenters. The van der Waals surface area contributed by atoms with Gasteiger partial charge in [-0.2, -0.15) is 4.31 Å². The van der Waals surface area contributed by atoms with E-state index in [2.05, 4.69) is 5.32 Å². The highest BCUT2D eigenvalue weighted by Crippen LogP contribution is 2.28. The van der Waals surface area contributed by atoms with Gasteiger partial charge >= 0.3 is 0 Å². The summed E-state index contributed by atoms with van der Waals surface area (Å²) in [5.74, 6) is -0.228. The van der Waals surface area contributed by atoms with Gasteiger partial charge in [0.25, 0.3) is 0 Å². The molecule has 0 saturated carbocycles. The summed E-state index contributed by atoms with van der Waals surface area (Å²) >= 11 is 6.18. The number of ether oxygens (including phenoxy) is 1. The number of carbonyl (C=O) groups is 1. The Kier molecular flexibility index (Phi) is 6.43. The number of carbonyl (C=O) groups excluding carboxylic acids is 1. The first-order chi connectivity index (χ1) is 12.8. The second-order valence-corrected chi connectivity index (χ2v) is 9.60. The summed E-state index contributed by atoms with van der Waals surface area (Å²) in [4.78, 5) is 14.6. The highest BCUT2D eigenvalue weighted by atomic mass is 35.5. The van der Waals surface area contributed by atoms with Crippen molar-refractivity contribution in [2.75, 3.05) is 38.0 Å². The monoisotopic (exact) mass is 415 g/mol. The van der Waals surface area contributed by atoms with Crippen LogP contribution < -0.4 is 5.32 Å². The van der Waals surface area contributed by atoms with E-state index in [1.165, 1.54) is 22.5 Å². The van der Waals surface area contributed by atoms with Gasteiger partial charge in [-0.05, 0) is 44.9 Å². The van der Waals surface area contributed by atoms with Gasteiger partial charge in [-0.1, -0.05) is 11.6 Å². The average molecular weight is 416 g/mol. The number of sulfonamides is 1. The van der Waals surface area contributed by atoms with Gasteiger partial charge < -0.3 is 10.1 Å². The molecule has 1 amide bonds. The summed E-state index contributed by atoms with van der Waals surface area (Å²) in [5.41, 5.74) is 0.316. The van der Waals surface area contributed by atoms with Crippen LogP contribution in [0.1, 0.15) is 26.7 Å². The van der Waals surface area contributed by atoms with E-state index in [1.807, 2.05) is 18.7 Å². The Hall–Kier alpha value is -1.19. The lowest BCUT2D eigenvalue weighted by molar-refractivity contribution is -0.121. The van der Waals surface area contributed by atoms with E-state index in [4.69, 9.17) is 16.3 Å². The van der Waals surface area contributed by atoms with E-state index in [0.29, 0.717) is 36.9 Å². The lowest BCUT2D eigenvalue weighted by atomic mass is 10.2. The Labute approximate surface area is 165 Å². The van der Waals surface area contributed by atoms with E-state index in [0.717, 1.165) is 12.8 Å². The zero-order chi connectivity index (χ0) is 19.6. The average Bonchev–Trinajstić information content (AvgIpc) is 3.11. The van der Waals surface area contributed by atoms with Crippen LogP contribution in [0, 0.1) is 0 Å². The maximum absolute atomic E-state index is 12.7. The number of amides is 1. The van der Waals surface area contributed by atoms with Crippen LogP contribution in [-0.2, 0) is 19.6 Å². The van der Waals surface area contributed by atoms with Crippen molar-refractivity contribution in [3.8, 4) is 0 Å². The molecule has 1 aromatic carbocycles. The number of benzene rings is 1. The molecule has 0 radical (unpaired) electrons. The lowest BCUT2D eigenvalue weighted by Gasteiger charge is -2.34.